The average molecular weight is 865 g/mol. The lowest BCUT2D eigenvalue weighted by Crippen LogP contribution is -2.59. The molecule has 1 heterocycles. The van der Waals surface area contributed by atoms with Crippen molar-refractivity contribution in [2.24, 2.45) is 17.8 Å². The molecule has 8 atom stereocenters. The molecular weight excluding hydrogens is 794 g/mol. The van der Waals surface area contributed by atoms with Crippen LogP contribution in [0.3, 0.4) is 0 Å². The summed E-state index contributed by atoms with van der Waals surface area (Å²) in [6.45, 7) is 12.3. The fourth-order valence-electron chi connectivity index (χ4n) is 8.06. The Labute approximate surface area is 360 Å². The summed E-state index contributed by atoms with van der Waals surface area (Å²) in [5, 5.41) is 11.6. The van der Waals surface area contributed by atoms with Gasteiger partial charge in [0.2, 0.25) is 24.0 Å². The number of ether oxygens (including phenoxy) is 1. The smallest absolute Gasteiger partial charge is 0.408 e. The minimum Gasteiger partial charge on any atom is -0.444 e. The first-order valence-corrected chi connectivity index (χ1v) is 21.5. The van der Waals surface area contributed by atoms with Gasteiger partial charge in [-0.3, -0.25) is 24.0 Å². The van der Waals surface area contributed by atoms with Crippen molar-refractivity contribution in [2.75, 3.05) is 40.9 Å². The molecule has 1 aliphatic heterocycles. The molecule has 2 aliphatic carbocycles. The number of nitrogens with zero attached hydrogens (tertiary/aromatic N) is 2. The highest BCUT2D eigenvalue weighted by atomic mass is 19.2. The first-order valence-electron chi connectivity index (χ1n) is 21.5. The van der Waals surface area contributed by atoms with Crippen LogP contribution in [0.2, 0.25) is 0 Å². The van der Waals surface area contributed by atoms with Crippen LogP contribution in [0.25, 0.3) is 0 Å². The van der Waals surface area contributed by atoms with Crippen LogP contribution in [-0.4, -0.2) is 123 Å². The van der Waals surface area contributed by atoms with Gasteiger partial charge in [-0.1, -0.05) is 63.1 Å². The van der Waals surface area contributed by atoms with Gasteiger partial charge in [0, 0.05) is 38.9 Å². The maximum absolute atomic E-state index is 15.2. The highest BCUT2D eigenvalue weighted by molar-refractivity contribution is 6.28. The van der Waals surface area contributed by atoms with Crippen LogP contribution in [0.4, 0.5) is 18.0 Å². The van der Waals surface area contributed by atoms with Crippen molar-refractivity contribution in [3.8, 4) is 0 Å². The van der Waals surface area contributed by atoms with E-state index in [4.69, 9.17) is 4.74 Å². The predicted molar refractivity (Wildman–Crippen MR) is 229 cm³/mol. The van der Waals surface area contributed by atoms with Crippen molar-refractivity contribution >= 4 is 36.4 Å². The molecule has 16 heteroatoms. The zero-order chi connectivity index (χ0) is 45.9. The molecule has 2 saturated carbocycles. The Morgan fingerprint density at radius 2 is 1.64 bits per heavy atom. The molecule has 1 aromatic rings. The lowest BCUT2D eigenvalue weighted by molar-refractivity contribution is -0.143. The van der Waals surface area contributed by atoms with Crippen molar-refractivity contribution in [1.82, 2.24) is 31.1 Å². The zero-order valence-corrected chi connectivity index (χ0v) is 37.4. The number of likely N-dealkylation sites (N-methyl/N-ethyl adjacent to an activating group) is 1. The number of hydrogen-bond donors (Lipinski definition) is 4. The molecule has 0 bridgehead atoms. The number of carbonyl (C=O) groups excluding carboxylic acids is 6. The first-order chi connectivity index (χ1) is 28.7. The summed E-state index contributed by atoms with van der Waals surface area (Å²) in [5.74, 6) is -3.73. The molecule has 0 aromatic heterocycles. The second-order valence-corrected chi connectivity index (χ2v) is 17.5. The van der Waals surface area contributed by atoms with Gasteiger partial charge in [0.1, 0.15) is 30.0 Å². The van der Waals surface area contributed by atoms with Gasteiger partial charge in [0.25, 0.3) is 0 Å². The SMILES string of the molecule is C=C(CNC)NC(C)c1ccccc1.CCC(C)(C)OC(=O)NC(C(=O)N1C[C@@H]2CC(F)(CF)C[C@@H]2C1C(=O)NC(CCC(C)F)C(=O)C=O)C1CCCCC1.CN(C)C=O. The summed E-state index contributed by atoms with van der Waals surface area (Å²) in [6, 6.07) is 7.09. The Hall–Kier alpha value is -4.47. The van der Waals surface area contributed by atoms with Crippen LogP contribution in [-0.2, 0) is 28.7 Å². The maximum Gasteiger partial charge on any atom is 0.408 e. The molecule has 61 heavy (non-hydrogen) atoms. The normalized spacial score (nSPS) is 22.9. The van der Waals surface area contributed by atoms with Crippen LogP contribution >= 0.6 is 0 Å². The molecule has 4 N–H and O–H groups in total. The van der Waals surface area contributed by atoms with Crippen molar-refractivity contribution in [2.45, 2.75) is 140 Å². The lowest BCUT2D eigenvalue weighted by Gasteiger charge is -2.36. The van der Waals surface area contributed by atoms with Gasteiger partial charge in [-0.2, -0.15) is 0 Å². The number of aldehydes is 1. The monoisotopic (exact) mass is 865 g/mol. The van der Waals surface area contributed by atoms with Crippen molar-refractivity contribution in [1.29, 1.82) is 0 Å². The van der Waals surface area contributed by atoms with Crippen LogP contribution in [0.5, 0.6) is 0 Å². The Morgan fingerprint density at radius 1 is 1.02 bits per heavy atom. The molecule has 6 unspecified atom stereocenters. The molecule has 0 radical (unpaired) electrons. The van der Waals surface area contributed by atoms with Gasteiger partial charge in [0.05, 0.1) is 12.2 Å². The third-order valence-electron chi connectivity index (χ3n) is 11.6. The number of nitrogens with one attached hydrogen (secondary N) is 4. The Kier molecular flexibility index (Phi) is 22.0. The van der Waals surface area contributed by atoms with Crippen molar-refractivity contribution < 1.29 is 46.7 Å². The summed E-state index contributed by atoms with van der Waals surface area (Å²) in [4.78, 5) is 76.6. The van der Waals surface area contributed by atoms with Gasteiger partial charge in [-0.15, -0.1) is 0 Å². The number of alkyl halides is 3. The number of benzene rings is 1. The average Bonchev–Trinajstić information content (AvgIpc) is 3.75. The van der Waals surface area contributed by atoms with Crippen LogP contribution in [0, 0.1) is 17.8 Å². The first kappa shape index (κ1) is 52.7. The van der Waals surface area contributed by atoms with Crippen LogP contribution in [0.1, 0.15) is 110 Å². The molecule has 4 amide bonds. The van der Waals surface area contributed by atoms with E-state index in [9.17, 15) is 37.5 Å². The predicted octanol–water partition coefficient (Wildman–Crippen LogP) is 5.93. The van der Waals surface area contributed by atoms with E-state index in [-0.39, 0.29) is 44.4 Å². The number of hydrogen-bond acceptors (Lipinski definition) is 9. The Bertz CT molecular complexity index is 1580. The number of Topliss-reactive ketones (excluding diaryl/α,β-unsaturated/α-hetero) is 1. The third kappa shape index (κ3) is 17.1. The van der Waals surface area contributed by atoms with E-state index < -0.39 is 77.8 Å². The van der Waals surface area contributed by atoms with E-state index in [1.165, 1.54) is 22.3 Å². The van der Waals surface area contributed by atoms with Gasteiger partial charge >= 0.3 is 6.09 Å². The highest BCUT2D eigenvalue weighted by Crippen LogP contribution is 2.49. The summed E-state index contributed by atoms with van der Waals surface area (Å²) in [6.07, 6.45) is 2.67. The fourth-order valence-corrected chi connectivity index (χ4v) is 8.06. The number of fused-ring (bicyclic) bond motifs is 1. The van der Waals surface area contributed by atoms with E-state index >= 15 is 4.39 Å². The van der Waals surface area contributed by atoms with E-state index in [0.29, 0.717) is 25.3 Å². The van der Waals surface area contributed by atoms with Gasteiger partial charge < -0.3 is 35.8 Å². The second kappa shape index (κ2) is 25.5. The minimum atomic E-state index is -2.14. The van der Waals surface area contributed by atoms with E-state index in [1.54, 1.807) is 27.9 Å². The Morgan fingerprint density at radius 3 is 2.16 bits per heavy atom. The molecule has 3 aliphatic rings. The number of ketones is 1. The van der Waals surface area contributed by atoms with Gasteiger partial charge in [0.15, 0.2) is 6.29 Å². The summed E-state index contributed by atoms with van der Waals surface area (Å²) < 4.78 is 47.9. The molecule has 0 spiro atoms. The second-order valence-electron chi connectivity index (χ2n) is 17.5. The van der Waals surface area contributed by atoms with Gasteiger partial charge in [-0.05, 0) is 103 Å². The van der Waals surface area contributed by atoms with Crippen molar-refractivity contribution in [3.05, 3.63) is 48.2 Å². The number of alkyl carbamates (subject to hydrolysis) is 1. The number of carbonyl (C=O) groups is 6. The highest BCUT2D eigenvalue weighted by Gasteiger charge is 2.58. The molecular formula is C45H71F3N6O7. The van der Waals surface area contributed by atoms with E-state index in [0.717, 1.165) is 37.9 Å². The molecule has 4 rings (SSSR count). The van der Waals surface area contributed by atoms with Crippen LogP contribution in [0.15, 0.2) is 42.6 Å². The standard InChI is InChI=1S/C30H46F3N3O6.C12H18N2.C3H7NO/c1-5-29(3,4)42-28(41)35-24(19-9-7-6-8-10-19)27(40)36-15-20-13-30(33,17-31)14-21(20)25(36)26(39)34-22(23(38)16-37)12-11-18(2)32;1-10(9-13-3)14-11(2)12-7-5-4-6-8-12;1-4(2)3-5/h16,18-22,24-25H,5-15,17H2,1-4H3,(H,34,39)(H,35,41);4-8,11,13-14H,1,9H2,2-3H3;3H,1-2H3/t18?,20-,21-,22?,24?,25?,30?;;/m0../s1. The molecule has 1 saturated heterocycles. The topological polar surface area (TPSA) is 166 Å². The van der Waals surface area contributed by atoms with E-state index in [2.05, 4.69) is 46.9 Å². The number of rotatable bonds is 19. The molecule has 344 valence electrons. The third-order valence-corrected chi connectivity index (χ3v) is 11.6. The lowest BCUT2D eigenvalue weighted by atomic mass is 9.83. The van der Waals surface area contributed by atoms with E-state index in [1.807, 2.05) is 32.2 Å². The fraction of sp³-hybridized carbons (Fsp3) is 0.689. The largest absolute Gasteiger partial charge is 0.444 e. The maximum atomic E-state index is 15.2. The minimum absolute atomic E-state index is 0.0263. The van der Waals surface area contributed by atoms with Crippen molar-refractivity contribution in [3.63, 3.8) is 0 Å². The van der Waals surface area contributed by atoms with Gasteiger partial charge in [-0.25, -0.2) is 18.0 Å². The number of likely N-dealkylation sites (tertiary alicyclic amines) is 1. The molecule has 3 fully saturated rings. The summed E-state index contributed by atoms with van der Waals surface area (Å²) in [7, 11) is 5.29. The summed E-state index contributed by atoms with van der Waals surface area (Å²) >= 11 is 0. The number of amides is 4. The quantitative estimate of drug-likeness (QED) is 0.0975. The number of halogens is 3. The Balaban J connectivity index is 0.000000555. The molecule has 13 nitrogen and oxygen atoms in total. The van der Waals surface area contributed by atoms with Crippen LogP contribution < -0.4 is 21.3 Å². The molecule has 1 aromatic carbocycles. The zero-order valence-electron chi connectivity index (χ0n) is 37.4. The summed E-state index contributed by atoms with van der Waals surface area (Å²) in [5.41, 5.74) is -0.610.